The van der Waals surface area contributed by atoms with Crippen LogP contribution in [0.1, 0.15) is 23.2 Å². The molecule has 0 saturated carbocycles. The highest BCUT2D eigenvalue weighted by Crippen LogP contribution is 2.31. The molecule has 0 unspecified atom stereocenters. The van der Waals surface area contributed by atoms with Crippen molar-refractivity contribution in [2.75, 3.05) is 0 Å². The van der Waals surface area contributed by atoms with Crippen molar-refractivity contribution in [1.29, 1.82) is 0 Å². The number of rotatable bonds is 4. The molecule has 1 heterocycles. The van der Waals surface area contributed by atoms with Crippen LogP contribution in [0.4, 0.5) is 14.5 Å². The number of aliphatic carboxylic acids is 1. The summed E-state index contributed by atoms with van der Waals surface area (Å²) < 4.78 is 25.2. The summed E-state index contributed by atoms with van der Waals surface area (Å²) >= 11 is 0. The Balaban J connectivity index is 3.49. The van der Waals surface area contributed by atoms with Gasteiger partial charge in [-0.2, -0.15) is 0 Å². The van der Waals surface area contributed by atoms with Crippen LogP contribution in [-0.2, 0) is 11.2 Å². The second-order valence-corrected chi connectivity index (χ2v) is 3.25. The third-order valence-electron chi connectivity index (χ3n) is 2.12. The molecule has 0 saturated heterocycles. The Morgan fingerprint density at radius 3 is 2.65 bits per heavy atom. The van der Waals surface area contributed by atoms with Crippen molar-refractivity contribution >= 4 is 11.7 Å². The average molecular weight is 246 g/mol. The predicted molar refractivity (Wildman–Crippen MR) is 51.9 cm³/mol. The van der Waals surface area contributed by atoms with Gasteiger partial charge in [0.25, 0.3) is 12.1 Å². The fraction of sp³-hybridized carbons (Fsp3) is 0.333. The fourth-order valence-corrected chi connectivity index (χ4v) is 1.43. The number of carbonyl (C=O) groups is 1. The number of carboxylic acids is 1. The highest BCUT2D eigenvalue weighted by molar-refractivity contribution is 5.73. The number of aryl methyl sites for hydroxylation is 1. The molecule has 0 aliphatic carbocycles. The van der Waals surface area contributed by atoms with Gasteiger partial charge in [0, 0.05) is 11.8 Å². The second-order valence-electron chi connectivity index (χ2n) is 3.25. The van der Waals surface area contributed by atoms with Crippen LogP contribution in [0.2, 0.25) is 0 Å². The third-order valence-corrected chi connectivity index (χ3v) is 2.12. The van der Waals surface area contributed by atoms with Gasteiger partial charge in [-0.15, -0.1) is 0 Å². The molecule has 1 aromatic rings. The second kappa shape index (κ2) is 4.81. The van der Waals surface area contributed by atoms with Gasteiger partial charge in [-0.25, -0.2) is 8.78 Å². The third kappa shape index (κ3) is 2.71. The molecule has 0 aliphatic heterocycles. The van der Waals surface area contributed by atoms with E-state index < -0.39 is 40.6 Å². The standard InChI is InChI=1S/C9H8F2N2O4/c1-4-8(13(16)17)5(2-7(14)15)6(3-12-4)9(10)11/h3,9H,2H2,1H3,(H,14,15). The van der Waals surface area contributed by atoms with Gasteiger partial charge in [0.1, 0.15) is 5.69 Å². The number of aromatic nitrogens is 1. The van der Waals surface area contributed by atoms with Crippen LogP contribution in [0.5, 0.6) is 0 Å². The molecule has 1 aromatic heterocycles. The summed E-state index contributed by atoms with van der Waals surface area (Å²) in [6, 6.07) is 0. The van der Waals surface area contributed by atoms with E-state index in [0.29, 0.717) is 0 Å². The number of carboxylic acid groups (broad SMARTS) is 1. The molecule has 0 aliphatic rings. The van der Waals surface area contributed by atoms with Crippen LogP contribution in [0.15, 0.2) is 6.20 Å². The first-order chi connectivity index (χ1) is 7.84. The van der Waals surface area contributed by atoms with Crippen molar-refractivity contribution in [3.8, 4) is 0 Å². The smallest absolute Gasteiger partial charge is 0.308 e. The van der Waals surface area contributed by atoms with E-state index in [1.807, 2.05) is 0 Å². The zero-order valence-corrected chi connectivity index (χ0v) is 8.68. The van der Waals surface area contributed by atoms with E-state index in [0.717, 1.165) is 6.20 Å². The maximum Gasteiger partial charge on any atom is 0.308 e. The summed E-state index contributed by atoms with van der Waals surface area (Å²) in [5, 5.41) is 19.3. The lowest BCUT2D eigenvalue weighted by molar-refractivity contribution is -0.386. The van der Waals surface area contributed by atoms with Gasteiger partial charge in [-0.05, 0) is 6.92 Å². The van der Waals surface area contributed by atoms with E-state index in [2.05, 4.69) is 4.98 Å². The van der Waals surface area contributed by atoms with Crippen molar-refractivity contribution in [1.82, 2.24) is 4.98 Å². The number of hydrogen-bond acceptors (Lipinski definition) is 4. The lowest BCUT2D eigenvalue weighted by atomic mass is 10.0. The van der Waals surface area contributed by atoms with Gasteiger partial charge in [0.15, 0.2) is 0 Å². The first-order valence-corrected chi connectivity index (χ1v) is 4.47. The Bertz CT molecular complexity index is 476. The topological polar surface area (TPSA) is 93.3 Å². The van der Waals surface area contributed by atoms with E-state index >= 15 is 0 Å². The lowest BCUT2D eigenvalue weighted by Crippen LogP contribution is -2.10. The van der Waals surface area contributed by atoms with E-state index in [9.17, 15) is 23.7 Å². The van der Waals surface area contributed by atoms with Gasteiger partial charge in [0.2, 0.25) is 0 Å². The molecule has 8 heteroatoms. The van der Waals surface area contributed by atoms with Gasteiger partial charge >= 0.3 is 5.97 Å². The van der Waals surface area contributed by atoms with Gasteiger partial charge in [0.05, 0.1) is 16.9 Å². The average Bonchev–Trinajstić information content (AvgIpc) is 2.15. The summed E-state index contributed by atoms with van der Waals surface area (Å²) in [4.78, 5) is 23.8. The van der Waals surface area contributed by atoms with Gasteiger partial charge in [-0.3, -0.25) is 19.9 Å². The van der Waals surface area contributed by atoms with Crippen molar-refractivity contribution < 1.29 is 23.6 Å². The number of nitro groups is 1. The first kappa shape index (κ1) is 12.9. The number of hydrogen-bond donors (Lipinski definition) is 1. The normalized spacial score (nSPS) is 10.6. The molecule has 17 heavy (non-hydrogen) atoms. The Morgan fingerprint density at radius 2 is 2.24 bits per heavy atom. The number of alkyl halides is 2. The monoisotopic (exact) mass is 246 g/mol. The largest absolute Gasteiger partial charge is 0.481 e. The molecular weight excluding hydrogens is 238 g/mol. The van der Waals surface area contributed by atoms with Crippen LogP contribution in [0.3, 0.4) is 0 Å². The van der Waals surface area contributed by atoms with Crippen molar-refractivity contribution in [3.05, 3.63) is 33.1 Å². The van der Waals surface area contributed by atoms with E-state index in [-0.39, 0.29) is 5.69 Å². The number of halogens is 2. The molecule has 0 aromatic carbocycles. The van der Waals surface area contributed by atoms with Gasteiger partial charge in [-0.1, -0.05) is 0 Å². The molecule has 0 spiro atoms. The minimum atomic E-state index is -3.00. The zero-order valence-electron chi connectivity index (χ0n) is 8.68. The lowest BCUT2D eigenvalue weighted by Gasteiger charge is -2.08. The maximum absolute atomic E-state index is 12.6. The van der Waals surface area contributed by atoms with E-state index in [1.54, 1.807) is 0 Å². The maximum atomic E-state index is 12.6. The summed E-state index contributed by atoms with van der Waals surface area (Å²) in [6.45, 7) is 1.26. The molecule has 6 nitrogen and oxygen atoms in total. The molecule has 0 bridgehead atoms. The summed E-state index contributed by atoms with van der Waals surface area (Å²) in [5.74, 6) is -1.42. The summed E-state index contributed by atoms with van der Waals surface area (Å²) in [5.41, 5.74) is -1.96. The molecule has 1 N–H and O–H groups in total. The zero-order chi connectivity index (χ0) is 13.2. The molecule has 0 fully saturated rings. The number of pyridine rings is 1. The summed E-state index contributed by atoms with van der Waals surface area (Å²) in [6.07, 6.45) is -3.07. The Morgan fingerprint density at radius 1 is 1.65 bits per heavy atom. The van der Waals surface area contributed by atoms with Crippen LogP contribution < -0.4 is 0 Å². The van der Waals surface area contributed by atoms with Crippen LogP contribution in [-0.4, -0.2) is 21.0 Å². The molecular formula is C9H8F2N2O4. The first-order valence-electron chi connectivity index (χ1n) is 4.47. The molecule has 92 valence electrons. The van der Waals surface area contributed by atoms with Crippen LogP contribution in [0, 0.1) is 17.0 Å². The van der Waals surface area contributed by atoms with Gasteiger partial charge < -0.3 is 5.11 Å². The SMILES string of the molecule is Cc1ncc(C(F)F)c(CC(=O)O)c1[N+](=O)[O-]. The molecule has 0 atom stereocenters. The van der Waals surface area contributed by atoms with Crippen LogP contribution in [0.25, 0.3) is 0 Å². The fourth-order valence-electron chi connectivity index (χ4n) is 1.43. The molecule has 0 amide bonds. The van der Waals surface area contributed by atoms with Crippen molar-refractivity contribution in [2.45, 2.75) is 19.8 Å². The quantitative estimate of drug-likeness (QED) is 0.646. The number of nitrogens with zero attached hydrogens (tertiary/aromatic N) is 2. The van der Waals surface area contributed by atoms with E-state index in [4.69, 9.17) is 5.11 Å². The Hall–Kier alpha value is -2.12. The van der Waals surface area contributed by atoms with E-state index in [1.165, 1.54) is 6.92 Å². The minimum absolute atomic E-state index is 0.0874. The predicted octanol–water partition coefficient (Wildman–Crippen LogP) is 1.86. The highest BCUT2D eigenvalue weighted by atomic mass is 19.3. The van der Waals surface area contributed by atoms with Crippen molar-refractivity contribution in [2.24, 2.45) is 0 Å². The highest BCUT2D eigenvalue weighted by Gasteiger charge is 2.27. The Labute approximate surface area is 94.1 Å². The molecule has 1 rings (SSSR count). The minimum Gasteiger partial charge on any atom is -0.481 e. The summed E-state index contributed by atoms with van der Waals surface area (Å²) in [7, 11) is 0. The Kier molecular flexibility index (Phi) is 3.66. The van der Waals surface area contributed by atoms with Crippen LogP contribution >= 0.6 is 0 Å². The molecule has 0 radical (unpaired) electrons. The van der Waals surface area contributed by atoms with Crippen molar-refractivity contribution in [3.63, 3.8) is 0 Å².